The molecular formula is C16H26N2OS. The Balaban J connectivity index is 1.65. The lowest BCUT2D eigenvalue weighted by Gasteiger charge is -2.34. The lowest BCUT2D eigenvalue weighted by Crippen LogP contribution is -2.49. The Hall–Kier alpha value is -0.640. The second-order valence-electron chi connectivity index (χ2n) is 7.27. The van der Waals surface area contributed by atoms with Crippen LogP contribution in [-0.2, 0) is 4.79 Å². The average molecular weight is 294 g/mol. The van der Waals surface area contributed by atoms with E-state index in [1.54, 1.807) is 0 Å². The van der Waals surface area contributed by atoms with E-state index in [0.29, 0.717) is 10.9 Å². The lowest BCUT2D eigenvalue weighted by atomic mass is 9.83. The Morgan fingerprint density at radius 2 is 2.00 bits per heavy atom. The fourth-order valence-electron chi connectivity index (χ4n) is 4.94. The minimum absolute atomic E-state index is 0.185. The number of nitrogens with zero attached hydrogens (tertiary/aromatic N) is 1. The van der Waals surface area contributed by atoms with Gasteiger partial charge in [0.25, 0.3) is 0 Å². The van der Waals surface area contributed by atoms with Gasteiger partial charge in [-0.15, -0.1) is 0 Å². The Bertz CT molecular complexity index is 417. The van der Waals surface area contributed by atoms with E-state index in [2.05, 4.69) is 0 Å². The molecule has 3 aliphatic rings. The van der Waals surface area contributed by atoms with Crippen LogP contribution < -0.4 is 5.73 Å². The second kappa shape index (κ2) is 5.28. The van der Waals surface area contributed by atoms with Crippen molar-refractivity contribution in [3.8, 4) is 0 Å². The van der Waals surface area contributed by atoms with Crippen LogP contribution in [0, 0.1) is 23.2 Å². The number of thiocarbonyl (C=S) groups is 1. The zero-order chi connectivity index (χ0) is 14.3. The third kappa shape index (κ3) is 2.26. The normalized spacial score (nSPS) is 34.4. The number of carbonyl (C=O) groups is 1. The first kappa shape index (κ1) is 14.3. The number of carbonyl (C=O) groups excluding carboxylic acids is 1. The molecule has 0 heterocycles. The van der Waals surface area contributed by atoms with E-state index in [1.165, 1.54) is 25.7 Å². The van der Waals surface area contributed by atoms with E-state index >= 15 is 0 Å². The fourth-order valence-corrected chi connectivity index (χ4v) is 5.24. The molecule has 0 spiro atoms. The van der Waals surface area contributed by atoms with Gasteiger partial charge in [0.2, 0.25) is 5.91 Å². The van der Waals surface area contributed by atoms with Crippen LogP contribution >= 0.6 is 12.2 Å². The fraction of sp³-hybridized carbons (Fsp3) is 0.875. The predicted octanol–water partition coefficient (Wildman–Crippen LogP) is 2.73. The first-order valence-corrected chi connectivity index (χ1v) is 8.49. The summed E-state index contributed by atoms with van der Waals surface area (Å²) in [6.07, 6.45) is 9.35. The minimum atomic E-state index is -0.526. The van der Waals surface area contributed by atoms with Crippen molar-refractivity contribution >= 4 is 23.1 Å². The number of rotatable bonds is 4. The number of fused-ring (bicyclic) bond motifs is 2. The van der Waals surface area contributed by atoms with Gasteiger partial charge in [-0.25, -0.2) is 0 Å². The van der Waals surface area contributed by atoms with Crippen LogP contribution in [0.2, 0.25) is 0 Å². The van der Waals surface area contributed by atoms with Crippen molar-refractivity contribution in [1.29, 1.82) is 0 Å². The molecule has 3 rings (SSSR count). The van der Waals surface area contributed by atoms with Crippen LogP contribution in [0.4, 0.5) is 0 Å². The molecule has 20 heavy (non-hydrogen) atoms. The summed E-state index contributed by atoms with van der Waals surface area (Å²) in [5.41, 5.74) is 5.40. The smallest absolute Gasteiger partial charge is 0.235 e. The number of hydrogen-bond acceptors (Lipinski definition) is 2. The van der Waals surface area contributed by atoms with Crippen molar-refractivity contribution in [2.24, 2.45) is 28.9 Å². The summed E-state index contributed by atoms with van der Waals surface area (Å²) in [6.45, 7) is 0.907. The van der Waals surface area contributed by atoms with Gasteiger partial charge >= 0.3 is 0 Å². The Morgan fingerprint density at radius 3 is 2.50 bits per heavy atom. The highest BCUT2D eigenvalue weighted by atomic mass is 32.1. The maximum atomic E-state index is 12.9. The molecule has 3 fully saturated rings. The molecule has 112 valence electrons. The van der Waals surface area contributed by atoms with Crippen molar-refractivity contribution in [3.05, 3.63) is 0 Å². The highest BCUT2D eigenvalue weighted by Crippen LogP contribution is 2.49. The summed E-state index contributed by atoms with van der Waals surface area (Å²) in [6, 6.07) is 0. The molecule has 3 nitrogen and oxygen atoms in total. The summed E-state index contributed by atoms with van der Waals surface area (Å²) in [4.78, 5) is 15.2. The van der Waals surface area contributed by atoms with E-state index in [4.69, 9.17) is 18.0 Å². The van der Waals surface area contributed by atoms with Gasteiger partial charge in [-0.1, -0.05) is 31.5 Å². The third-order valence-electron chi connectivity index (χ3n) is 6.08. The highest BCUT2D eigenvalue weighted by Gasteiger charge is 2.47. The molecule has 0 aromatic carbocycles. The molecule has 3 aliphatic carbocycles. The molecule has 3 atom stereocenters. The highest BCUT2D eigenvalue weighted by molar-refractivity contribution is 7.80. The third-order valence-corrected chi connectivity index (χ3v) is 6.47. The summed E-state index contributed by atoms with van der Waals surface area (Å²) >= 11 is 5.23. The number of amides is 1. The first-order valence-electron chi connectivity index (χ1n) is 8.08. The van der Waals surface area contributed by atoms with Gasteiger partial charge in [0.1, 0.15) is 0 Å². The minimum Gasteiger partial charge on any atom is -0.392 e. The molecule has 3 unspecified atom stereocenters. The largest absolute Gasteiger partial charge is 0.392 e. The van der Waals surface area contributed by atoms with E-state index in [9.17, 15) is 4.79 Å². The topological polar surface area (TPSA) is 46.3 Å². The van der Waals surface area contributed by atoms with Crippen LogP contribution in [0.1, 0.15) is 51.4 Å². The average Bonchev–Trinajstić information content (AvgIpc) is 3.13. The van der Waals surface area contributed by atoms with Crippen molar-refractivity contribution in [2.45, 2.75) is 51.4 Å². The molecule has 2 N–H and O–H groups in total. The molecule has 0 aromatic rings. The molecule has 4 heteroatoms. The SMILES string of the molecule is CN(CC1CC2CCC1C2)C(=O)C1(C(N)=S)CCCC1. The molecular weight excluding hydrogens is 268 g/mol. The van der Waals surface area contributed by atoms with Gasteiger partial charge in [0.15, 0.2) is 0 Å². The Labute approximate surface area is 127 Å². The van der Waals surface area contributed by atoms with Crippen LogP contribution in [-0.4, -0.2) is 29.4 Å². The van der Waals surface area contributed by atoms with E-state index in [0.717, 1.165) is 44.1 Å². The maximum absolute atomic E-state index is 12.9. The molecule has 0 saturated heterocycles. The molecule has 2 bridgehead atoms. The molecule has 0 aromatic heterocycles. The van der Waals surface area contributed by atoms with Crippen molar-refractivity contribution < 1.29 is 4.79 Å². The second-order valence-corrected chi connectivity index (χ2v) is 7.71. The molecule has 3 saturated carbocycles. The van der Waals surface area contributed by atoms with E-state index in [1.807, 2.05) is 11.9 Å². The van der Waals surface area contributed by atoms with Crippen LogP contribution in [0.15, 0.2) is 0 Å². The number of hydrogen-bond donors (Lipinski definition) is 1. The summed E-state index contributed by atoms with van der Waals surface area (Å²) in [7, 11) is 1.95. The maximum Gasteiger partial charge on any atom is 0.235 e. The zero-order valence-electron chi connectivity index (χ0n) is 12.4. The lowest BCUT2D eigenvalue weighted by molar-refractivity contribution is -0.137. The summed E-state index contributed by atoms with van der Waals surface area (Å²) in [5, 5.41) is 0. The quantitative estimate of drug-likeness (QED) is 0.811. The van der Waals surface area contributed by atoms with Gasteiger partial charge in [0.05, 0.1) is 10.4 Å². The van der Waals surface area contributed by atoms with Gasteiger partial charge < -0.3 is 10.6 Å². The van der Waals surface area contributed by atoms with E-state index in [-0.39, 0.29) is 5.91 Å². The zero-order valence-corrected chi connectivity index (χ0v) is 13.3. The monoisotopic (exact) mass is 294 g/mol. The number of nitrogens with two attached hydrogens (primary N) is 1. The molecule has 0 aliphatic heterocycles. The standard InChI is InChI=1S/C16H26N2OS/c1-18(10-13-9-11-4-5-12(13)8-11)15(19)16(14(17)20)6-2-3-7-16/h11-13H,2-10H2,1H3,(H2,17,20). The van der Waals surface area contributed by atoms with Crippen LogP contribution in [0.3, 0.4) is 0 Å². The summed E-state index contributed by atoms with van der Waals surface area (Å²) in [5.74, 6) is 2.70. The van der Waals surface area contributed by atoms with Crippen LogP contribution in [0.25, 0.3) is 0 Å². The first-order chi connectivity index (χ1) is 9.53. The van der Waals surface area contributed by atoms with Crippen molar-refractivity contribution in [3.63, 3.8) is 0 Å². The Kier molecular flexibility index (Phi) is 3.78. The van der Waals surface area contributed by atoms with Crippen molar-refractivity contribution in [2.75, 3.05) is 13.6 Å². The van der Waals surface area contributed by atoms with Crippen LogP contribution in [0.5, 0.6) is 0 Å². The van der Waals surface area contributed by atoms with Gasteiger partial charge in [-0.05, 0) is 49.9 Å². The van der Waals surface area contributed by atoms with Crippen molar-refractivity contribution in [1.82, 2.24) is 4.90 Å². The van der Waals surface area contributed by atoms with Gasteiger partial charge in [-0.3, -0.25) is 4.79 Å². The molecule has 0 radical (unpaired) electrons. The van der Waals surface area contributed by atoms with Gasteiger partial charge in [0, 0.05) is 13.6 Å². The van der Waals surface area contributed by atoms with E-state index < -0.39 is 5.41 Å². The summed E-state index contributed by atoms with van der Waals surface area (Å²) < 4.78 is 0. The Morgan fingerprint density at radius 1 is 1.30 bits per heavy atom. The predicted molar refractivity (Wildman–Crippen MR) is 84.3 cm³/mol. The van der Waals surface area contributed by atoms with Gasteiger partial charge in [-0.2, -0.15) is 0 Å². The molecule has 1 amide bonds.